The summed E-state index contributed by atoms with van der Waals surface area (Å²) in [6.45, 7) is 12.5. The van der Waals surface area contributed by atoms with Crippen LogP contribution in [0.1, 0.15) is 48.6 Å². The van der Waals surface area contributed by atoms with E-state index in [1.165, 1.54) is 6.20 Å². The number of halogens is 1. The standard InChI is InChI=1S/C26H35ClN8O/c1-6-34-20-9-8-18(17(3)33-12-10-19(11-13-33)32(4)5)14-21(20)35(7-2)23(34)16-30-26(36)24-25(28)29-15-22(27)31-24/h8-9,14-15,19H,3,6-7,10-13,16H2,1-2,4-5H3,(H2-,28,29,30,36)/p+1. The van der Waals surface area contributed by atoms with Crippen molar-refractivity contribution in [2.45, 2.75) is 52.4 Å². The number of benzene rings is 1. The van der Waals surface area contributed by atoms with Crippen LogP contribution in [0, 0.1) is 0 Å². The molecule has 1 saturated heterocycles. The first-order valence-corrected chi connectivity index (χ1v) is 12.8. The van der Waals surface area contributed by atoms with Gasteiger partial charge in [-0.2, -0.15) is 0 Å². The molecule has 0 aliphatic carbocycles. The van der Waals surface area contributed by atoms with E-state index in [1.807, 2.05) is 0 Å². The number of aryl methyl sites for hydroxylation is 2. The van der Waals surface area contributed by atoms with Crippen molar-refractivity contribution in [2.75, 3.05) is 32.9 Å². The van der Waals surface area contributed by atoms with Gasteiger partial charge in [-0.1, -0.05) is 18.2 Å². The van der Waals surface area contributed by atoms with Crippen LogP contribution in [-0.2, 0) is 19.6 Å². The van der Waals surface area contributed by atoms with Gasteiger partial charge >= 0.3 is 0 Å². The Morgan fingerprint density at radius 1 is 1.31 bits per heavy atom. The molecule has 0 saturated carbocycles. The van der Waals surface area contributed by atoms with Gasteiger partial charge in [-0.25, -0.2) is 19.1 Å². The molecule has 1 aliphatic heterocycles. The fraction of sp³-hybridized carbons (Fsp3) is 0.462. The number of nitrogens with one attached hydrogen (secondary N) is 1. The zero-order valence-corrected chi connectivity index (χ0v) is 22.3. The van der Waals surface area contributed by atoms with Gasteiger partial charge in [0.05, 0.1) is 19.3 Å². The van der Waals surface area contributed by atoms with Crippen molar-refractivity contribution < 1.29 is 9.36 Å². The first kappa shape index (κ1) is 25.9. The number of hydrogen-bond acceptors (Lipinski definition) is 6. The highest BCUT2D eigenvalue weighted by molar-refractivity contribution is 6.29. The molecule has 1 amide bonds. The minimum atomic E-state index is -0.409. The van der Waals surface area contributed by atoms with Crippen LogP contribution < -0.4 is 15.6 Å². The van der Waals surface area contributed by atoms with Gasteiger partial charge in [0.15, 0.2) is 22.5 Å². The second kappa shape index (κ2) is 10.8. The molecular formula is C26H36ClN8O+. The fourth-order valence-corrected chi connectivity index (χ4v) is 5.22. The zero-order valence-electron chi connectivity index (χ0n) is 21.6. The van der Waals surface area contributed by atoms with Gasteiger partial charge in [-0.05, 0) is 59.0 Å². The van der Waals surface area contributed by atoms with Gasteiger partial charge in [0.2, 0.25) is 0 Å². The van der Waals surface area contributed by atoms with Crippen molar-refractivity contribution in [3.05, 3.63) is 53.2 Å². The summed E-state index contributed by atoms with van der Waals surface area (Å²) in [5.74, 6) is 0.633. The highest BCUT2D eigenvalue weighted by Crippen LogP contribution is 2.26. The smallest absolute Gasteiger partial charge is 0.277 e. The van der Waals surface area contributed by atoms with E-state index < -0.39 is 5.91 Å². The first-order valence-electron chi connectivity index (χ1n) is 12.5. The molecule has 4 rings (SSSR count). The number of aromatic nitrogens is 4. The predicted molar refractivity (Wildman–Crippen MR) is 143 cm³/mol. The van der Waals surface area contributed by atoms with Crippen LogP contribution >= 0.6 is 11.6 Å². The van der Waals surface area contributed by atoms with Gasteiger partial charge in [0.25, 0.3) is 11.7 Å². The van der Waals surface area contributed by atoms with E-state index in [0.717, 1.165) is 67.1 Å². The quantitative estimate of drug-likeness (QED) is 0.451. The van der Waals surface area contributed by atoms with Gasteiger partial charge in [0, 0.05) is 30.4 Å². The van der Waals surface area contributed by atoms with E-state index in [9.17, 15) is 4.79 Å². The number of imidazole rings is 1. The minimum Gasteiger partial charge on any atom is -0.382 e. The lowest BCUT2D eigenvalue weighted by Crippen LogP contribution is -2.41. The van der Waals surface area contributed by atoms with Crippen molar-refractivity contribution in [2.24, 2.45) is 0 Å². The molecule has 0 bridgehead atoms. The van der Waals surface area contributed by atoms with Crippen molar-refractivity contribution in [1.82, 2.24) is 29.7 Å². The Labute approximate surface area is 217 Å². The molecule has 36 heavy (non-hydrogen) atoms. The van der Waals surface area contributed by atoms with Crippen molar-refractivity contribution in [3.8, 4) is 0 Å². The van der Waals surface area contributed by atoms with E-state index in [1.54, 1.807) is 0 Å². The number of nitrogens with zero attached hydrogens (tertiary/aromatic N) is 6. The second-order valence-corrected chi connectivity index (χ2v) is 9.73. The molecule has 1 aliphatic rings. The van der Waals surface area contributed by atoms with Crippen molar-refractivity contribution in [1.29, 1.82) is 0 Å². The highest BCUT2D eigenvalue weighted by Gasteiger charge is 2.27. The van der Waals surface area contributed by atoms with Crippen molar-refractivity contribution >= 4 is 40.1 Å². The maximum absolute atomic E-state index is 12.8. The molecule has 3 heterocycles. The van der Waals surface area contributed by atoms with E-state index in [2.05, 4.69) is 86.9 Å². The monoisotopic (exact) mass is 511 g/mol. The number of fused-ring (bicyclic) bond motifs is 1. The third kappa shape index (κ3) is 5.03. The highest BCUT2D eigenvalue weighted by atomic mass is 35.5. The SMILES string of the molecule is C=C(c1ccc2c(c1)n(CC)c(CNC(=O)c1nc(Cl)cnc1N)[n+]2CC)N1CCC(N(C)C)CC1. The van der Waals surface area contributed by atoms with E-state index in [0.29, 0.717) is 12.6 Å². The van der Waals surface area contributed by atoms with Crippen LogP contribution in [0.15, 0.2) is 31.0 Å². The number of anilines is 1. The number of nitrogens with two attached hydrogens (primary N) is 1. The molecule has 0 spiro atoms. The number of nitrogen functional groups attached to an aromatic ring is 1. The predicted octanol–water partition coefficient (Wildman–Crippen LogP) is 2.92. The molecule has 0 unspecified atom stereocenters. The number of piperidine rings is 1. The van der Waals surface area contributed by atoms with E-state index in [-0.39, 0.29) is 16.7 Å². The van der Waals surface area contributed by atoms with Gasteiger partial charge in [0.1, 0.15) is 11.7 Å². The molecule has 1 aromatic carbocycles. The van der Waals surface area contributed by atoms with Crippen LogP contribution in [-0.4, -0.2) is 63.5 Å². The van der Waals surface area contributed by atoms with Crippen LogP contribution in [0.4, 0.5) is 5.82 Å². The van der Waals surface area contributed by atoms with Crippen LogP contribution in [0.2, 0.25) is 5.15 Å². The second-order valence-electron chi connectivity index (χ2n) is 9.35. The molecule has 3 aromatic rings. The molecule has 2 aromatic heterocycles. The molecule has 0 radical (unpaired) electrons. The van der Waals surface area contributed by atoms with Crippen LogP contribution in [0.3, 0.4) is 0 Å². The lowest BCUT2D eigenvalue weighted by atomic mass is 10.0. The molecule has 10 heteroatoms. The number of hydrogen-bond donors (Lipinski definition) is 2. The first-order chi connectivity index (χ1) is 17.2. The van der Waals surface area contributed by atoms with Gasteiger partial charge in [-0.3, -0.25) is 4.79 Å². The summed E-state index contributed by atoms with van der Waals surface area (Å²) >= 11 is 5.91. The van der Waals surface area contributed by atoms with E-state index >= 15 is 0 Å². The largest absolute Gasteiger partial charge is 0.382 e. The molecular weight excluding hydrogens is 476 g/mol. The van der Waals surface area contributed by atoms with E-state index in [4.69, 9.17) is 17.3 Å². The Hall–Kier alpha value is -3.17. The topological polar surface area (TPSA) is 96.2 Å². The summed E-state index contributed by atoms with van der Waals surface area (Å²) in [5.41, 5.74) is 10.3. The number of amides is 1. The summed E-state index contributed by atoms with van der Waals surface area (Å²) in [7, 11) is 4.31. The van der Waals surface area contributed by atoms with Crippen LogP contribution in [0.25, 0.3) is 16.7 Å². The normalized spacial score (nSPS) is 14.6. The summed E-state index contributed by atoms with van der Waals surface area (Å²) < 4.78 is 4.46. The third-order valence-corrected chi connectivity index (χ3v) is 7.30. The Morgan fingerprint density at radius 2 is 2.03 bits per heavy atom. The lowest BCUT2D eigenvalue weighted by molar-refractivity contribution is -0.676. The molecule has 192 valence electrons. The Bertz CT molecular complexity index is 1280. The third-order valence-electron chi connectivity index (χ3n) is 7.12. The van der Waals surface area contributed by atoms with Gasteiger partial charge in [-0.15, -0.1) is 0 Å². The summed E-state index contributed by atoms with van der Waals surface area (Å²) in [6.07, 6.45) is 3.60. The Kier molecular flexibility index (Phi) is 7.80. The Balaban J connectivity index is 1.60. The molecule has 9 nitrogen and oxygen atoms in total. The molecule has 0 atom stereocenters. The molecule has 3 N–H and O–H groups in total. The number of carbonyl (C=O) groups is 1. The lowest BCUT2D eigenvalue weighted by Gasteiger charge is -2.37. The number of likely N-dealkylation sites (tertiary alicyclic amines) is 1. The maximum atomic E-state index is 12.8. The fourth-order valence-electron chi connectivity index (χ4n) is 5.09. The molecule has 1 fully saturated rings. The summed E-state index contributed by atoms with van der Waals surface area (Å²) in [4.78, 5) is 25.5. The number of rotatable bonds is 8. The minimum absolute atomic E-state index is 0.0290. The number of carbonyl (C=O) groups excluding carboxylic acids is 1. The summed E-state index contributed by atoms with van der Waals surface area (Å²) in [5, 5.41) is 3.07. The van der Waals surface area contributed by atoms with Crippen LogP contribution in [0.5, 0.6) is 0 Å². The maximum Gasteiger partial charge on any atom is 0.277 e. The summed E-state index contributed by atoms with van der Waals surface area (Å²) in [6, 6.07) is 7.16. The average Bonchev–Trinajstić information content (AvgIpc) is 3.19. The van der Waals surface area contributed by atoms with Crippen molar-refractivity contribution in [3.63, 3.8) is 0 Å². The Morgan fingerprint density at radius 3 is 2.67 bits per heavy atom. The average molecular weight is 512 g/mol. The zero-order chi connectivity index (χ0) is 26.0. The van der Waals surface area contributed by atoms with Gasteiger partial charge < -0.3 is 20.9 Å².